The molecule has 118 valence electrons. The molecule has 0 aromatic heterocycles. The molecule has 0 radical (unpaired) electrons. The van der Waals surface area contributed by atoms with Gasteiger partial charge in [0.05, 0.1) is 21.3 Å². The Labute approximate surface area is 126 Å². The second-order valence-electron chi connectivity index (χ2n) is 4.68. The number of sulfone groups is 1. The van der Waals surface area contributed by atoms with Crippen LogP contribution in [0.1, 0.15) is 41.8 Å². The number of carbonyl (C=O) groups is 1. The molecule has 8 heteroatoms. The number of carboxylic acid groups (broad SMARTS) is 1. The average molecular weight is 341 g/mol. The zero-order valence-corrected chi connectivity index (χ0v) is 13.2. The molecule has 0 heterocycles. The first-order valence-electron chi connectivity index (χ1n) is 6.12. The molecule has 1 aromatic rings. The third-order valence-corrected chi connectivity index (χ3v) is 6.02. The number of hydrogen-bond acceptors (Lipinski definition) is 3. The topological polar surface area (TPSA) is 71.4 Å². The highest BCUT2D eigenvalue weighted by molar-refractivity contribution is 7.92. The summed E-state index contributed by atoms with van der Waals surface area (Å²) >= 11 is 4.98. The summed E-state index contributed by atoms with van der Waals surface area (Å²) in [6.45, 7) is 4.15. The predicted octanol–water partition coefficient (Wildman–Crippen LogP) is 3.55. The second-order valence-corrected chi connectivity index (χ2v) is 7.46. The molecule has 21 heavy (non-hydrogen) atoms. The minimum absolute atomic E-state index is 0.201. The van der Waals surface area contributed by atoms with E-state index in [1.165, 1.54) is 13.8 Å². The van der Waals surface area contributed by atoms with Gasteiger partial charge in [-0.25, -0.2) is 13.2 Å². The van der Waals surface area contributed by atoms with E-state index in [9.17, 15) is 22.0 Å². The number of rotatable bonds is 5. The molecular formula is C13H15ClF2O4S. The van der Waals surface area contributed by atoms with Crippen molar-refractivity contribution >= 4 is 27.4 Å². The van der Waals surface area contributed by atoms with E-state index in [1.54, 1.807) is 6.92 Å². The summed E-state index contributed by atoms with van der Waals surface area (Å²) < 4.78 is 51.8. The predicted molar refractivity (Wildman–Crippen MR) is 74.8 cm³/mol. The summed E-state index contributed by atoms with van der Waals surface area (Å²) in [5.74, 6) is -1.39. The van der Waals surface area contributed by atoms with Crippen molar-refractivity contribution < 1.29 is 27.1 Å². The number of aromatic carboxylic acids is 1. The molecule has 0 saturated heterocycles. The van der Waals surface area contributed by atoms with Gasteiger partial charge in [-0.05, 0) is 49.6 Å². The summed E-state index contributed by atoms with van der Waals surface area (Å²) in [6, 6.07) is 1.68. The monoisotopic (exact) mass is 340 g/mol. The van der Waals surface area contributed by atoms with Crippen molar-refractivity contribution in [2.45, 2.75) is 42.7 Å². The number of hydrogen-bond donors (Lipinski definition) is 1. The zero-order valence-electron chi connectivity index (χ0n) is 11.7. The SMILES string of the molecule is CC[C@@H](C)S(=O)(=O)c1c(C(F)(F)Cl)ccc(C(=O)O)c1C. The molecule has 1 atom stereocenters. The molecule has 0 saturated carbocycles. The van der Waals surface area contributed by atoms with Gasteiger partial charge in [0.25, 0.3) is 0 Å². The van der Waals surface area contributed by atoms with E-state index in [2.05, 4.69) is 0 Å². The maximum absolute atomic E-state index is 13.5. The van der Waals surface area contributed by atoms with Gasteiger partial charge in [-0.2, -0.15) is 8.78 Å². The maximum atomic E-state index is 13.5. The first-order valence-corrected chi connectivity index (χ1v) is 8.05. The Bertz CT molecular complexity index is 665. The van der Waals surface area contributed by atoms with Crippen LogP contribution in [0.2, 0.25) is 0 Å². The number of halogens is 3. The van der Waals surface area contributed by atoms with Gasteiger partial charge in [-0.3, -0.25) is 0 Å². The highest BCUT2D eigenvalue weighted by Gasteiger charge is 2.38. The third kappa shape index (κ3) is 3.35. The Kier molecular flexibility index (Phi) is 5.00. The van der Waals surface area contributed by atoms with Crippen LogP contribution in [0.25, 0.3) is 0 Å². The molecule has 0 amide bonds. The largest absolute Gasteiger partial charge is 0.478 e. The molecule has 0 aliphatic carbocycles. The van der Waals surface area contributed by atoms with Crippen molar-refractivity contribution in [1.82, 2.24) is 0 Å². The van der Waals surface area contributed by atoms with Gasteiger partial charge in [-0.1, -0.05) is 6.92 Å². The fraction of sp³-hybridized carbons (Fsp3) is 0.462. The second kappa shape index (κ2) is 5.88. The lowest BCUT2D eigenvalue weighted by atomic mass is 10.0. The van der Waals surface area contributed by atoms with Crippen molar-refractivity contribution in [3.05, 3.63) is 28.8 Å². The smallest absolute Gasteiger partial charge is 0.349 e. The van der Waals surface area contributed by atoms with Crippen molar-refractivity contribution in [3.63, 3.8) is 0 Å². The van der Waals surface area contributed by atoms with Gasteiger partial charge in [0.1, 0.15) is 0 Å². The van der Waals surface area contributed by atoms with E-state index in [0.29, 0.717) is 0 Å². The summed E-state index contributed by atoms with van der Waals surface area (Å²) in [7, 11) is -4.12. The Balaban J connectivity index is 3.83. The molecule has 4 nitrogen and oxygen atoms in total. The lowest BCUT2D eigenvalue weighted by Gasteiger charge is -2.20. The van der Waals surface area contributed by atoms with E-state index in [4.69, 9.17) is 16.7 Å². The summed E-state index contributed by atoms with van der Waals surface area (Å²) in [5, 5.41) is 4.19. The van der Waals surface area contributed by atoms with Crippen LogP contribution in [-0.2, 0) is 15.2 Å². The summed E-state index contributed by atoms with van der Waals surface area (Å²) in [5.41, 5.74) is -1.48. The highest BCUT2D eigenvalue weighted by atomic mass is 35.5. The van der Waals surface area contributed by atoms with Gasteiger partial charge < -0.3 is 5.11 Å². The van der Waals surface area contributed by atoms with Crippen molar-refractivity contribution in [3.8, 4) is 0 Å². The maximum Gasteiger partial charge on any atom is 0.349 e. The molecule has 1 aromatic carbocycles. The molecule has 0 aliphatic heterocycles. The van der Waals surface area contributed by atoms with Crippen LogP contribution < -0.4 is 0 Å². The quantitative estimate of drug-likeness (QED) is 0.832. The van der Waals surface area contributed by atoms with Gasteiger partial charge in [0.2, 0.25) is 0 Å². The van der Waals surface area contributed by atoms with E-state index < -0.39 is 36.9 Å². The van der Waals surface area contributed by atoms with Crippen LogP contribution in [0.3, 0.4) is 0 Å². The van der Waals surface area contributed by atoms with Crippen LogP contribution in [0.5, 0.6) is 0 Å². The average Bonchev–Trinajstić information content (AvgIpc) is 2.35. The number of alkyl halides is 3. The van der Waals surface area contributed by atoms with Gasteiger partial charge in [0, 0.05) is 0 Å². The summed E-state index contributed by atoms with van der Waals surface area (Å²) in [4.78, 5) is 10.4. The van der Waals surface area contributed by atoms with Crippen molar-refractivity contribution in [1.29, 1.82) is 0 Å². The van der Waals surface area contributed by atoms with Crippen LogP contribution >= 0.6 is 11.6 Å². The lowest BCUT2D eigenvalue weighted by molar-refractivity contribution is 0.0693. The molecule has 1 N–H and O–H groups in total. The minimum atomic E-state index is -4.12. The van der Waals surface area contributed by atoms with Crippen molar-refractivity contribution in [2.75, 3.05) is 0 Å². The molecule has 0 aliphatic rings. The lowest BCUT2D eigenvalue weighted by Crippen LogP contribution is -2.23. The fourth-order valence-corrected chi connectivity index (χ4v) is 4.03. The first-order chi connectivity index (χ1) is 9.44. The molecule has 0 bridgehead atoms. The third-order valence-electron chi connectivity index (χ3n) is 3.33. The molecule has 0 fully saturated rings. The zero-order chi connectivity index (χ0) is 16.6. The standard InChI is InChI=1S/C13H15ClF2O4S/c1-4-7(2)21(19,20)11-8(3)9(12(17)18)5-6-10(11)13(14,15)16/h5-7H,4H2,1-3H3,(H,17,18)/t7-/m1/s1. The molecule has 1 rings (SSSR count). The van der Waals surface area contributed by atoms with Crippen LogP contribution in [0, 0.1) is 6.92 Å². The Morgan fingerprint density at radius 3 is 2.33 bits per heavy atom. The van der Waals surface area contributed by atoms with Crippen LogP contribution in [0.4, 0.5) is 8.78 Å². The molecular weight excluding hydrogens is 326 g/mol. The van der Waals surface area contributed by atoms with E-state index in [0.717, 1.165) is 12.1 Å². The summed E-state index contributed by atoms with van der Waals surface area (Å²) in [6.07, 6.45) is 0.201. The van der Waals surface area contributed by atoms with E-state index in [-0.39, 0.29) is 17.5 Å². The first kappa shape index (κ1) is 17.8. The minimum Gasteiger partial charge on any atom is -0.478 e. The number of carboxylic acids is 1. The van der Waals surface area contributed by atoms with Gasteiger partial charge in [-0.15, -0.1) is 0 Å². The van der Waals surface area contributed by atoms with Crippen LogP contribution in [0.15, 0.2) is 17.0 Å². The Hall–Kier alpha value is -1.21. The fourth-order valence-electron chi connectivity index (χ4n) is 1.93. The van der Waals surface area contributed by atoms with Gasteiger partial charge >= 0.3 is 11.4 Å². The van der Waals surface area contributed by atoms with E-state index in [1.807, 2.05) is 0 Å². The number of benzene rings is 1. The highest BCUT2D eigenvalue weighted by Crippen LogP contribution is 2.40. The Morgan fingerprint density at radius 1 is 1.43 bits per heavy atom. The van der Waals surface area contributed by atoms with Crippen molar-refractivity contribution in [2.24, 2.45) is 0 Å². The van der Waals surface area contributed by atoms with Crippen LogP contribution in [-0.4, -0.2) is 24.7 Å². The van der Waals surface area contributed by atoms with E-state index >= 15 is 0 Å². The normalized spacial score (nSPS) is 14.0. The van der Waals surface area contributed by atoms with Gasteiger partial charge in [0.15, 0.2) is 9.84 Å². The molecule has 0 unspecified atom stereocenters. The molecule has 0 spiro atoms. The Morgan fingerprint density at radius 2 is 1.95 bits per heavy atom.